The lowest BCUT2D eigenvalue weighted by atomic mass is 10.2. The van der Waals surface area contributed by atoms with Crippen molar-refractivity contribution >= 4 is 5.69 Å². The topological polar surface area (TPSA) is 30.5 Å². The fourth-order valence-electron chi connectivity index (χ4n) is 2.04. The molecular weight excluding hydrogens is 226 g/mol. The zero-order valence-corrected chi connectivity index (χ0v) is 11.2. The molecule has 1 unspecified atom stereocenters. The van der Waals surface area contributed by atoms with Gasteiger partial charge in [0.15, 0.2) is 0 Å². The van der Waals surface area contributed by atoms with Crippen LogP contribution in [0.5, 0.6) is 5.75 Å². The maximum absolute atomic E-state index is 5.63. The molecule has 100 valence electrons. The molecule has 1 heterocycles. The Labute approximate surface area is 109 Å². The van der Waals surface area contributed by atoms with Crippen LogP contribution in [0.2, 0.25) is 0 Å². The Kier molecular flexibility index (Phi) is 5.34. The molecule has 1 saturated heterocycles. The zero-order valence-electron chi connectivity index (χ0n) is 11.2. The van der Waals surface area contributed by atoms with Crippen molar-refractivity contribution in [2.75, 3.05) is 25.1 Å². The predicted octanol–water partition coefficient (Wildman–Crippen LogP) is 3.46. The van der Waals surface area contributed by atoms with Gasteiger partial charge < -0.3 is 14.8 Å². The highest BCUT2D eigenvalue weighted by Gasteiger charge is 2.14. The highest BCUT2D eigenvalue weighted by molar-refractivity contribution is 5.46. The number of unbranched alkanes of at least 4 members (excludes halogenated alkanes) is 1. The average Bonchev–Trinajstić information content (AvgIpc) is 2.91. The van der Waals surface area contributed by atoms with Crippen LogP contribution in [0.25, 0.3) is 0 Å². The fourth-order valence-corrected chi connectivity index (χ4v) is 2.04. The lowest BCUT2D eigenvalue weighted by Gasteiger charge is -2.12. The molecule has 0 aliphatic carbocycles. The highest BCUT2D eigenvalue weighted by Crippen LogP contribution is 2.17. The molecule has 1 aromatic carbocycles. The van der Waals surface area contributed by atoms with Gasteiger partial charge >= 0.3 is 0 Å². The molecule has 1 atom stereocenters. The predicted molar refractivity (Wildman–Crippen MR) is 74.3 cm³/mol. The Hall–Kier alpha value is -1.22. The third kappa shape index (κ3) is 4.22. The van der Waals surface area contributed by atoms with Crippen molar-refractivity contribution in [3.63, 3.8) is 0 Å². The van der Waals surface area contributed by atoms with Gasteiger partial charge in [-0.15, -0.1) is 0 Å². The number of hydrogen-bond acceptors (Lipinski definition) is 3. The van der Waals surface area contributed by atoms with Crippen molar-refractivity contribution < 1.29 is 9.47 Å². The summed E-state index contributed by atoms with van der Waals surface area (Å²) in [4.78, 5) is 0. The van der Waals surface area contributed by atoms with Crippen LogP contribution in [-0.2, 0) is 4.74 Å². The van der Waals surface area contributed by atoms with E-state index in [9.17, 15) is 0 Å². The van der Waals surface area contributed by atoms with Gasteiger partial charge in [-0.25, -0.2) is 0 Å². The van der Waals surface area contributed by atoms with E-state index in [2.05, 4.69) is 24.4 Å². The summed E-state index contributed by atoms with van der Waals surface area (Å²) >= 11 is 0. The SMILES string of the molecule is CCCCOc1ccc(NCC2CCCO2)cc1. The molecular formula is C15H23NO2. The van der Waals surface area contributed by atoms with E-state index >= 15 is 0 Å². The molecule has 0 bridgehead atoms. The van der Waals surface area contributed by atoms with Crippen LogP contribution in [-0.4, -0.2) is 25.9 Å². The summed E-state index contributed by atoms with van der Waals surface area (Å²) in [6.07, 6.45) is 5.02. The fraction of sp³-hybridized carbons (Fsp3) is 0.600. The summed E-state index contributed by atoms with van der Waals surface area (Å²) in [6, 6.07) is 8.17. The van der Waals surface area contributed by atoms with Gasteiger partial charge in [0.2, 0.25) is 0 Å². The largest absolute Gasteiger partial charge is 0.494 e. The Morgan fingerprint density at radius 3 is 2.83 bits per heavy atom. The number of ether oxygens (including phenoxy) is 2. The second-order valence-electron chi connectivity index (χ2n) is 4.74. The van der Waals surface area contributed by atoms with Crippen LogP contribution in [0.15, 0.2) is 24.3 Å². The van der Waals surface area contributed by atoms with E-state index in [-0.39, 0.29) is 0 Å². The van der Waals surface area contributed by atoms with E-state index < -0.39 is 0 Å². The summed E-state index contributed by atoms with van der Waals surface area (Å²) < 4.78 is 11.2. The highest BCUT2D eigenvalue weighted by atomic mass is 16.5. The molecule has 18 heavy (non-hydrogen) atoms. The molecule has 0 amide bonds. The molecule has 1 aliphatic rings. The second kappa shape index (κ2) is 7.27. The van der Waals surface area contributed by atoms with Gasteiger partial charge in [0, 0.05) is 18.8 Å². The van der Waals surface area contributed by atoms with Gasteiger partial charge in [-0.1, -0.05) is 13.3 Å². The second-order valence-corrected chi connectivity index (χ2v) is 4.74. The van der Waals surface area contributed by atoms with Crippen LogP contribution >= 0.6 is 0 Å². The van der Waals surface area contributed by atoms with E-state index in [0.29, 0.717) is 6.10 Å². The molecule has 2 rings (SSSR count). The number of rotatable bonds is 7. The van der Waals surface area contributed by atoms with Crippen LogP contribution in [0.3, 0.4) is 0 Å². The number of nitrogens with one attached hydrogen (secondary N) is 1. The van der Waals surface area contributed by atoms with Gasteiger partial charge in [0.1, 0.15) is 5.75 Å². The number of hydrogen-bond donors (Lipinski definition) is 1. The van der Waals surface area contributed by atoms with Crippen molar-refractivity contribution in [2.24, 2.45) is 0 Å². The minimum atomic E-state index is 0.380. The van der Waals surface area contributed by atoms with Crippen molar-refractivity contribution in [3.05, 3.63) is 24.3 Å². The third-order valence-electron chi connectivity index (χ3n) is 3.18. The maximum Gasteiger partial charge on any atom is 0.119 e. The first kappa shape index (κ1) is 13.2. The van der Waals surface area contributed by atoms with Gasteiger partial charge in [0.25, 0.3) is 0 Å². The smallest absolute Gasteiger partial charge is 0.119 e. The van der Waals surface area contributed by atoms with Crippen molar-refractivity contribution in [1.29, 1.82) is 0 Å². The minimum absolute atomic E-state index is 0.380. The Bertz CT molecular complexity index is 331. The van der Waals surface area contributed by atoms with E-state index in [0.717, 1.165) is 37.6 Å². The van der Waals surface area contributed by atoms with Gasteiger partial charge in [0.05, 0.1) is 12.7 Å². The normalized spacial score (nSPS) is 18.8. The number of benzene rings is 1. The van der Waals surface area contributed by atoms with Gasteiger partial charge in [-0.3, -0.25) is 0 Å². The van der Waals surface area contributed by atoms with E-state index in [1.54, 1.807) is 0 Å². The van der Waals surface area contributed by atoms with Crippen LogP contribution in [0, 0.1) is 0 Å². The molecule has 1 N–H and O–H groups in total. The first-order valence-electron chi connectivity index (χ1n) is 6.97. The van der Waals surface area contributed by atoms with E-state index in [1.807, 2.05) is 12.1 Å². The monoisotopic (exact) mass is 249 g/mol. The summed E-state index contributed by atoms with van der Waals surface area (Å²) in [5.74, 6) is 0.950. The van der Waals surface area contributed by atoms with Crippen molar-refractivity contribution in [1.82, 2.24) is 0 Å². The third-order valence-corrected chi connectivity index (χ3v) is 3.18. The first-order chi connectivity index (χ1) is 8.88. The van der Waals surface area contributed by atoms with Crippen LogP contribution < -0.4 is 10.1 Å². The van der Waals surface area contributed by atoms with E-state index in [1.165, 1.54) is 19.3 Å². The standard InChI is InChI=1S/C15H23NO2/c1-2-3-10-17-14-8-6-13(7-9-14)16-12-15-5-4-11-18-15/h6-9,15-16H,2-5,10-12H2,1H3. The summed E-state index contributed by atoms with van der Waals surface area (Å²) in [6.45, 7) is 4.78. The molecule has 0 saturated carbocycles. The Morgan fingerprint density at radius 1 is 1.33 bits per heavy atom. The van der Waals surface area contributed by atoms with Crippen LogP contribution in [0.4, 0.5) is 5.69 Å². The molecule has 0 radical (unpaired) electrons. The average molecular weight is 249 g/mol. The van der Waals surface area contributed by atoms with Crippen molar-refractivity contribution in [2.45, 2.75) is 38.7 Å². The quantitative estimate of drug-likeness (QED) is 0.751. The van der Waals surface area contributed by atoms with E-state index in [4.69, 9.17) is 9.47 Å². The zero-order chi connectivity index (χ0) is 12.6. The molecule has 3 heteroatoms. The number of anilines is 1. The first-order valence-corrected chi connectivity index (χ1v) is 6.97. The van der Waals surface area contributed by atoms with Crippen molar-refractivity contribution in [3.8, 4) is 5.75 Å². The molecule has 1 fully saturated rings. The summed E-state index contributed by atoms with van der Waals surface area (Å²) in [7, 11) is 0. The molecule has 1 aromatic rings. The van der Waals surface area contributed by atoms with Crippen LogP contribution in [0.1, 0.15) is 32.6 Å². The Balaban J connectivity index is 1.72. The maximum atomic E-state index is 5.63. The Morgan fingerprint density at radius 2 is 2.17 bits per heavy atom. The molecule has 0 aromatic heterocycles. The summed E-state index contributed by atoms with van der Waals surface area (Å²) in [5.41, 5.74) is 1.13. The van der Waals surface area contributed by atoms with Gasteiger partial charge in [-0.05, 0) is 43.5 Å². The summed E-state index contributed by atoms with van der Waals surface area (Å²) in [5, 5.41) is 3.40. The minimum Gasteiger partial charge on any atom is -0.494 e. The molecule has 3 nitrogen and oxygen atoms in total. The molecule has 1 aliphatic heterocycles. The van der Waals surface area contributed by atoms with Gasteiger partial charge in [-0.2, -0.15) is 0 Å². The lowest BCUT2D eigenvalue weighted by Crippen LogP contribution is -2.18. The molecule has 0 spiro atoms. The lowest BCUT2D eigenvalue weighted by molar-refractivity contribution is 0.120.